The van der Waals surface area contributed by atoms with Crippen molar-refractivity contribution in [3.63, 3.8) is 0 Å². The van der Waals surface area contributed by atoms with Gasteiger partial charge >= 0.3 is 12.1 Å². The molecule has 142 valence electrons. The van der Waals surface area contributed by atoms with Gasteiger partial charge in [0.2, 0.25) is 0 Å². The number of rotatable bonds is 1. The third kappa shape index (κ3) is 3.07. The van der Waals surface area contributed by atoms with E-state index in [-0.39, 0.29) is 6.09 Å². The van der Waals surface area contributed by atoms with Gasteiger partial charge in [-0.15, -0.1) is 0 Å². The van der Waals surface area contributed by atoms with Gasteiger partial charge in [-0.3, -0.25) is 4.79 Å². The lowest BCUT2D eigenvalue weighted by molar-refractivity contribution is -0.153. The highest BCUT2D eigenvalue weighted by Gasteiger charge is 2.56. The van der Waals surface area contributed by atoms with E-state index in [0.717, 1.165) is 11.1 Å². The Balaban J connectivity index is 1.87. The van der Waals surface area contributed by atoms with Crippen LogP contribution in [0.3, 0.4) is 0 Å². The molecule has 6 heteroatoms. The minimum Gasteiger partial charge on any atom is -0.469 e. The second kappa shape index (κ2) is 6.58. The molecule has 26 heavy (non-hydrogen) atoms. The minimum absolute atomic E-state index is 0.339. The summed E-state index contributed by atoms with van der Waals surface area (Å²) in [5.41, 5.74) is 0.721. The first-order valence-electron chi connectivity index (χ1n) is 9.03. The Morgan fingerprint density at radius 3 is 2.38 bits per heavy atom. The van der Waals surface area contributed by atoms with E-state index in [1.807, 2.05) is 45.0 Å². The molecule has 6 nitrogen and oxygen atoms in total. The fraction of sp³-hybridized carbons (Fsp3) is 0.600. The van der Waals surface area contributed by atoms with Crippen LogP contribution in [0.5, 0.6) is 0 Å². The standard InChI is InChI=1S/C20H27NO5/c1-19(2,3)26-18(24)21-11-9-20(10-12-21)14-8-6-5-7-13(14)16(22)15(20)17(23)25-4/h5-8,15-16,22H,9-12H2,1-4H3. The largest absolute Gasteiger partial charge is 0.469 e. The van der Waals surface area contributed by atoms with Crippen molar-refractivity contribution in [2.24, 2.45) is 5.92 Å². The normalized spacial score (nSPS) is 24.3. The third-order valence-corrected chi connectivity index (χ3v) is 5.49. The van der Waals surface area contributed by atoms with Gasteiger partial charge in [0.15, 0.2) is 0 Å². The van der Waals surface area contributed by atoms with Gasteiger partial charge in [-0.2, -0.15) is 0 Å². The topological polar surface area (TPSA) is 76.1 Å². The first kappa shape index (κ1) is 18.7. The van der Waals surface area contributed by atoms with Crippen LogP contribution in [0.25, 0.3) is 0 Å². The summed E-state index contributed by atoms with van der Waals surface area (Å²) in [6, 6.07) is 7.63. The van der Waals surface area contributed by atoms with Crippen molar-refractivity contribution in [3.05, 3.63) is 35.4 Å². The maximum atomic E-state index is 12.5. The number of hydrogen-bond acceptors (Lipinski definition) is 5. The van der Waals surface area contributed by atoms with Gasteiger partial charge in [0.05, 0.1) is 19.1 Å². The number of esters is 1. The molecule has 2 aliphatic rings. The fourth-order valence-corrected chi connectivity index (χ4v) is 4.33. The van der Waals surface area contributed by atoms with Crippen LogP contribution < -0.4 is 0 Å². The molecule has 0 saturated carbocycles. The number of likely N-dealkylation sites (tertiary alicyclic amines) is 1. The highest BCUT2D eigenvalue weighted by molar-refractivity contribution is 5.78. The zero-order valence-electron chi connectivity index (χ0n) is 15.8. The number of carbonyl (C=O) groups is 2. The molecule has 1 N–H and O–H groups in total. The van der Waals surface area contributed by atoms with E-state index in [2.05, 4.69) is 0 Å². The van der Waals surface area contributed by atoms with Gasteiger partial charge in [-0.25, -0.2) is 4.79 Å². The first-order chi connectivity index (χ1) is 12.2. The molecule has 1 spiro atoms. The lowest BCUT2D eigenvalue weighted by Crippen LogP contribution is -2.50. The van der Waals surface area contributed by atoms with Crippen LogP contribution >= 0.6 is 0 Å². The molecule has 1 aromatic rings. The van der Waals surface area contributed by atoms with Crippen LogP contribution in [0.15, 0.2) is 24.3 Å². The molecule has 0 bridgehead atoms. The third-order valence-electron chi connectivity index (χ3n) is 5.49. The van der Waals surface area contributed by atoms with E-state index in [1.165, 1.54) is 7.11 Å². The average Bonchev–Trinajstić information content (AvgIpc) is 2.83. The van der Waals surface area contributed by atoms with Crippen LogP contribution in [0.2, 0.25) is 0 Å². The van der Waals surface area contributed by atoms with Gasteiger partial charge in [0.25, 0.3) is 0 Å². The summed E-state index contributed by atoms with van der Waals surface area (Å²) in [7, 11) is 1.35. The van der Waals surface area contributed by atoms with E-state index >= 15 is 0 Å². The van der Waals surface area contributed by atoms with Crippen molar-refractivity contribution in [2.45, 2.75) is 50.7 Å². The summed E-state index contributed by atoms with van der Waals surface area (Å²) in [4.78, 5) is 26.5. The number of amides is 1. The van der Waals surface area contributed by atoms with Crippen molar-refractivity contribution < 1.29 is 24.2 Å². The molecule has 1 amide bonds. The van der Waals surface area contributed by atoms with Crippen molar-refractivity contribution >= 4 is 12.1 Å². The first-order valence-corrected chi connectivity index (χ1v) is 9.03. The monoisotopic (exact) mass is 361 g/mol. The molecule has 1 aromatic carbocycles. The zero-order valence-corrected chi connectivity index (χ0v) is 15.8. The summed E-state index contributed by atoms with van der Waals surface area (Å²) in [5.74, 6) is -1.05. The smallest absolute Gasteiger partial charge is 0.410 e. The highest BCUT2D eigenvalue weighted by Crippen LogP contribution is 2.55. The molecule has 1 aliphatic carbocycles. The summed E-state index contributed by atoms with van der Waals surface area (Å²) in [6.45, 7) is 6.47. The number of piperidine rings is 1. The Morgan fingerprint density at radius 2 is 1.81 bits per heavy atom. The lowest BCUT2D eigenvalue weighted by atomic mass is 9.67. The van der Waals surface area contributed by atoms with Crippen molar-refractivity contribution in [1.82, 2.24) is 4.90 Å². The molecule has 2 atom stereocenters. The number of fused-ring (bicyclic) bond motifs is 2. The van der Waals surface area contributed by atoms with Gasteiger partial charge < -0.3 is 19.5 Å². The van der Waals surface area contributed by atoms with Gasteiger partial charge in [-0.05, 0) is 44.7 Å². The van der Waals surface area contributed by atoms with Crippen molar-refractivity contribution in [3.8, 4) is 0 Å². The van der Waals surface area contributed by atoms with Crippen LogP contribution in [-0.2, 0) is 19.7 Å². The van der Waals surface area contributed by atoms with Gasteiger partial charge in [0.1, 0.15) is 5.60 Å². The minimum atomic E-state index is -0.883. The molecule has 1 heterocycles. The van der Waals surface area contributed by atoms with Crippen LogP contribution in [0.4, 0.5) is 4.79 Å². The molecule has 1 saturated heterocycles. The molecular weight excluding hydrogens is 334 g/mol. The highest BCUT2D eigenvalue weighted by atomic mass is 16.6. The number of carbonyl (C=O) groups excluding carboxylic acids is 2. The lowest BCUT2D eigenvalue weighted by Gasteiger charge is -2.43. The van der Waals surface area contributed by atoms with Crippen LogP contribution in [0, 0.1) is 5.92 Å². The fourth-order valence-electron chi connectivity index (χ4n) is 4.33. The number of hydrogen-bond donors (Lipinski definition) is 1. The molecular formula is C20H27NO5. The van der Waals surface area contributed by atoms with Gasteiger partial charge in [0, 0.05) is 18.5 Å². The second-order valence-electron chi connectivity index (χ2n) is 8.16. The Hall–Kier alpha value is -2.08. The predicted octanol–water partition coefficient (Wildman–Crippen LogP) is 2.79. The number of benzene rings is 1. The summed E-state index contributed by atoms with van der Waals surface area (Å²) in [5, 5.41) is 10.8. The van der Waals surface area contributed by atoms with Gasteiger partial charge in [-0.1, -0.05) is 24.3 Å². The average molecular weight is 361 g/mol. The Kier molecular flexibility index (Phi) is 4.73. The Morgan fingerprint density at radius 1 is 1.19 bits per heavy atom. The Bertz CT molecular complexity index is 700. The van der Waals surface area contributed by atoms with E-state index in [9.17, 15) is 14.7 Å². The van der Waals surface area contributed by atoms with Crippen LogP contribution in [0.1, 0.15) is 50.8 Å². The zero-order chi connectivity index (χ0) is 19.1. The summed E-state index contributed by atoms with van der Waals surface area (Å²) in [6.07, 6.45) is -0.0549. The summed E-state index contributed by atoms with van der Waals surface area (Å²) < 4.78 is 10.5. The second-order valence-corrected chi connectivity index (χ2v) is 8.16. The SMILES string of the molecule is COC(=O)C1C(O)c2ccccc2C12CCN(C(=O)OC(C)(C)C)CC2. The Labute approximate surface area is 154 Å². The number of nitrogens with zero attached hydrogens (tertiary/aromatic N) is 1. The van der Waals surface area contributed by atoms with E-state index in [0.29, 0.717) is 25.9 Å². The molecule has 0 radical (unpaired) electrons. The number of methoxy groups -OCH3 is 1. The number of aliphatic hydroxyl groups excluding tert-OH is 1. The quantitative estimate of drug-likeness (QED) is 0.779. The summed E-state index contributed by atoms with van der Waals surface area (Å²) >= 11 is 0. The molecule has 0 aromatic heterocycles. The van der Waals surface area contributed by atoms with E-state index < -0.39 is 29.0 Å². The maximum Gasteiger partial charge on any atom is 0.410 e. The van der Waals surface area contributed by atoms with Crippen LogP contribution in [-0.4, -0.2) is 47.9 Å². The molecule has 2 unspecified atom stereocenters. The number of ether oxygens (including phenoxy) is 2. The van der Waals surface area contributed by atoms with Crippen molar-refractivity contribution in [2.75, 3.05) is 20.2 Å². The molecule has 3 rings (SSSR count). The maximum absolute atomic E-state index is 12.5. The predicted molar refractivity (Wildman–Crippen MR) is 95.6 cm³/mol. The van der Waals surface area contributed by atoms with E-state index in [4.69, 9.17) is 9.47 Å². The van der Waals surface area contributed by atoms with Crippen molar-refractivity contribution in [1.29, 1.82) is 0 Å². The number of aliphatic hydroxyl groups is 1. The molecule has 1 aliphatic heterocycles. The van der Waals surface area contributed by atoms with E-state index in [1.54, 1.807) is 4.90 Å². The molecule has 1 fully saturated rings.